The monoisotopic (exact) mass is 263 g/mol. The van der Waals surface area contributed by atoms with Crippen LogP contribution in [0.3, 0.4) is 0 Å². The number of hydrogen-bond acceptors (Lipinski definition) is 3. The highest BCUT2D eigenvalue weighted by Crippen LogP contribution is 2.30. The highest BCUT2D eigenvalue weighted by atomic mass is 19.1. The highest BCUT2D eigenvalue weighted by Gasteiger charge is 2.14. The first-order valence-electron chi connectivity index (χ1n) is 6.19. The summed E-state index contributed by atoms with van der Waals surface area (Å²) in [6.07, 6.45) is 0.575. The van der Waals surface area contributed by atoms with E-state index in [1.54, 1.807) is 10.7 Å². The van der Waals surface area contributed by atoms with Crippen molar-refractivity contribution in [2.24, 2.45) is 12.8 Å². The lowest BCUT2D eigenvalue weighted by molar-refractivity contribution is 0.465. The summed E-state index contributed by atoms with van der Waals surface area (Å²) >= 11 is 0. The zero-order valence-electron chi connectivity index (χ0n) is 11.4. The van der Waals surface area contributed by atoms with E-state index in [2.05, 4.69) is 5.10 Å². The van der Waals surface area contributed by atoms with E-state index in [-0.39, 0.29) is 5.82 Å². The van der Waals surface area contributed by atoms with Crippen LogP contribution in [0.2, 0.25) is 0 Å². The number of aromatic nitrogens is 2. The van der Waals surface area contributed by atoms with E-state index in [0.717, 1.165) is 17.0 Å². The number of nitrogens with two attached hydrogens (primary N) is 1. The van der Waals surface area contributed by atoms with Crippen molar-refractivity contribution in [3.05, 3.63) is 41.0 Å². The number of hydrogen-bond donors (Lipinski definition) is 1. The lowest BCUT2D eigenvalue weighted by Gasteiger charge is -2.11. The summed E-state index contributed by atoms with van der Waals surface area (Å²) in [7, 11) is 1.86. The molecular weight excluding hydrogens is 245 g/mol. The van der Waals surface area contributed by atoms with Gasteiger partial charge >= 0.3 is 0 Å². The van der Waals surface area contributed by atoms with E-state index in [4.69, 9.17) is 10.5 Å². The molecule has 0 aliphatic carbocycles. The van der Waals surface area contributed by atoms with Crippen molar-refractivity contribution in [2.45, 2.75) is 20.3 Å². The second kappa shape index (κ2) is 5.40. The maximum absolute atomic E-state index is 13.3. The predicted octanol–water partition coefficient (Wildman–Crippen LogP) is 2.47. The Morgan fingerprint density at radius 2 is 2.11 bits per heavy atom. The molecule has 1 aromatic heterocycles. The fourth-order valence-electron chi connectivity index (χ4n) is 2.01. The molecule has 5 heteroatoms. The van der Waals surface area contributed by atoms with Crippen molar-refractivity contribution in [1.29, 1.82) is 0 Å². The van der Waals surface area contributed by atoms with Gasteiger partial charge in [0.05, 0.1) is 5.69 Å². The Balaban J connectivity index is 2.37. The molecule has 0 amide bonds. The number of aryl methyl sites for hydroxylation is 2. The summed E-state index contributed by atoms with van der Waals surface area (Å²) in [5.74, 6) is 1.06. The molecule has 0 unspecified atom stereocenters. The Labute approximate surface area is 112 Å². The third-order valence-corrected chi connectivity index (χ3v) is 3.09. The molecule has 0 fully saturated rings. The Morgan fingerprint density at radius 1 is 1.37 bits per heavy atom. The van der Waals surface area contributed by atoms with Crippen molar-refractivity contribution < 1.29 is 9.13 Å². The van der Waals surface area contributed by atoms with Crippen LogP contribution in [0.1, 0.15) is 17.0 Å². The van der Waals surface area contributed by atoms with E-state index in [1.165, 1.54) is 12.1 Å². The van der Waals surface area contributed by atoms with Gasteiger partial charge < -0.3 is 10.5 Å². The fourth-order valence-corrected chi connectivity index (χ4v) is 2.01. The van der Waals surface area contributed by atoms with Gasteiger partial charge in [-0.25, -0.2) is 4.39 Å². The maximum atomic E-state index is 13.3. The normalized spacial score (nSPS) is 10.8. The van der Waals surface area contributed by atoms with Crippen LogP contribution in [-0.2, 0) is 13.5 Å². The van der Waals surface area contributed by atoms with Gasteiger partial charge in [-0.2, -0.15) is 5.10 Å². The quantitative estimate of drug-likeness (QED) is 0.922. The number of rotatable bonds is 4. The number of ether oxygens (including phenoxy) is 1. The first-order chi connectivity index (χ1) is 9.02. The first-order valence-corrected chi connectivity index (χ1v) is 6.19. The molecule has 0 saturated carbocycles. The number of benzene rings is 1. The Morgan fingerprint density at radius 3 is 2.68 bits per heavy atom. The fraction of sp³-hybridized carbons (Fsp3) is 0.357. The molecule has 0 atom stereocenters. The number of nitrogens with zero attached hydrogens (tertiary/aromatic N) is 2. The lowest BCUT2D eigenvalue weighted by Crippen LogP contribution is -2.04. The van der Waals surface area contributed by atoms with Gasteiger partial charge in [0.1, 0.15) is 17.3 Å². The van der Waals surface area contributed by atoms with Crippen LogP contribution in [0.25, 0.3) is 0 Å². The molecule has 102 valence electrons. The van der Waals surface area contributed by atoms with E-state index in [9.17, 15) is 4.39 Å². The van der Waals surface area contributed by atoms with E-state index >= 15 is 0 Å². The topological polar surface area (TPSA) is 53.1 Å². The first kappa shape index (κ1) is 13.5. The molecule has 2 N–H and O–H groups in total. The largest absolute Gasteiger partial charge is 0.453 e. The minimum absolute atomic E-state index is 0.282. The van der Waals surface area contributed by atoms with Crippen LogP contribution >= 0.6 is 0 Å². The molecule has 0 aliphatic rings. The molecule has 19 heavy (non-hydrogen) atoms. The van der Waals surface area contributed by atoms with Gasteiger partial charge in [-0.1, -0.05) is 0 Å². The number of halogens is 1. The summed E-state index contributed by atoms with van der Waals surface area (Å²) in [6, 6.07) is 4.48. The molecule has 1 aromatic carbocycles. The Hall–Kier alpha value is -1.88. The molecule has 1 heterocycles. The Kier molecular flexibility index (Phi) is 3.85. The van der Waals surface area contributed by atoms with Gasteiger partial charge in [0, 0.05) is 7.05 Å². The van der Waals surface area contributed by atoms with Crippen LogP contribution in [0, 0.1) is 19.7 Å². The SMILES string of the molecule is Cc1nn(C)c(C)c1Oc1ccc(F)cc1CCN. The molecule has 2 aromatic rings. The second-order valence-electron chi connectivity index (χ2n) is 4.52. The van der Waals surface area contributed by atoms with E-state index in [1.807, 2.05) is 20.9 Å². The summed E-state index contributed by atoms with van der Waals surface area (Å²) < 4.78 is 20.9. The van der Waals surface area contributed by atoms with Crippen molar-refractivity contribution in [3.8, 4) is 11.5 Å². The van der Waals surface area contributed by atoms with Crippen molar-refractivity contribution in [3.63, 3.8) is 0 Å². The molecule has 4 nitrogen and oxygen atoms in total. The molecule has 0 bridgehead atoms. The smallest absolute Gasteiger partial charge is 0.171 e. The van der Waals surface area contributed by atoms with Crippen LogP contribution in [0.15, 0.2) is 18.2 Å². The van der Waals surface area contributed by atoms with Crippen molar-refractivity contribution in [2.75, 3.05) is 6.54 Å². The molecule has 0 aliphatic heterocycles. The third-order valence-electron chi connectivity index (χ3n) is 3.09. The second-order valence-corrected chi connectivity index (χ2v) is 4.52. The lowest BCUT2D eigenvalue weighted by atomic mass is 10.1. The summed E-state index contributed by atoms with van der Waals surface area (Å²) in [5, 5.41) is 4.29. The van der Waals surface area contributed by atoms with E-state index in [0.29, 0.717) is 24.5 Å². The average Bonchev–Trinajstić information content (AvgIpc) is 2.59. The minimum Gasteiger partial charge on any atom is -0.453 e. The van der Waals surface area contributed by atoms with E-state index < -0.39 is 0 Å². The van der Waals surface area contributed by atoms with Crippen LogP contribution in [0.5, 0.6) is 11.5 Å². The van der Waals surface area contributed by atoms with Gasteiger partial charge in [-0.05, 0) is 50.6 Å². The van der Waals surface area contributed by atoms with Gasteiger partial charge in [-0.3, -0.25) is 4.68 Å². The zero-order valence-corrected chi connectivity index (χ0v) is 11.4. The zero-order chi connectivity index (χ0) is 14.0. The maximum Gasteiger partial charge on any atom is 0.171 e. The minimum atomic E-state index is -0.282. The highest BCUT2D eigenvalue weighted by molar-refractivity contribution is 5.41. The predicted molar refractivity (Wildman–Crippen MR) is 71.9 cm³/mol. The van der Waals surface area contributed by atoms with Crippen LogP contribution in [0.4, 0.5) is 4.39 Å². The van der Waals surface area contributed by atoms with Crippen LogP contribution in [-0.4, -0.2) is 16.3 Å². The molecule has 0 spiro atoms. The molecule has 2 rings (SSSR count). The van der Waals surface area contributed by atoms with Crippen molar-refractivity contribution in [1.82, 2.24) is 9.78 Å². The molecular formula is C14H18FN3O. The summed E-state index contributed by atoms with van der Waals surface area (Å²) in [4.78, 5) is 0. The molecule has 0 radical (unpaired) electrons. The average molecular weight is 263 g/mol. The van der Waals surface area contributed by atoms with Gasteiger partial charge in [0.25, 0.3) is 0 Å². The molecule has 0 saturated heterocycles. The van der Waals surface area contributed by atoms with Gasteiger partial charge in [-0.15, -0.1) is 0 Å². The summed E-state index contributed by atoms with van der Waals surface area (Å²) in [5.41, 5.74) is 8.05. The standard InChI is InChI=1S/C14H18FN3O/c1-9-14(10(2)18(3)17-9)19-13-5-4-12(15)8-11(13)6-7-16/h4-5,8H,6-7,16H2,1-3H3. The third kappa shape index (κ3) is 2.76. The van der Waals surface area contributed by atoms with Gasteiger partial charge in [0.15, 0.2) is 5.75 Å². The van der Waals surface area contributed by atoms with Gasteiger partial charge in [0.2, 0.25) is 0 Å². The van der Waals surface area contributed by atoms with Crippen LogP contribution < -0.4 is 10.5 Å². The Bertz CT molecular complexity index is 593. The summed E-state index contributed by atoms with van der Waals surface area (Å²) in [6.45, 7) is 4.26. The van der Waals surface area contributed by atoms with Crippen molar-refractivity contribution >= 4 is 0 Å².